The first-order valence-electron chi connectivity index (χ1n) is 6.99. The zero-order valence-corrected chi connectivity index (χ0v) is 13.3. The Bertz CT molecular complexity index is 519. The Morgan fingerprint density at radius 3 is 2.32 bits per heavy atom. The number of aliphatic hydroxyl groups excluding tert-OH is 4. The summed E-state index contributed by atoms with van der Waals surface area (Å²) in [5, 5.41) is 39.8. The highest BCUT2D eigenvalue weighted by Gasteiger charge is 2.43. The third-order valence-electron chi connectivity index (χ3n) is 3.68. The van der Waals surface area contributed by atoms with Gasteiger partial charge in [0.2, 0.25) is 0 Å². The second-order valence-electron chi connectivity index (χ2n) is 5.16. The largest absolute Gasteiger partial charge is 0.394 e. The molecule has 0 bridgehead atoms. The van der Waals surface area contributed by atoms with E-state index >= 15 is 0 Å². The fourth-order valence-corrected chi connectivity index (χ4v) is 3.02. The predicted octanol–water partition coefficient (Wildman–Crippen LogP) is 0.342. The summed E-state index contributed by atoms with van der Waals surface area (Å²) in [5.74, 6) is 0. The number of hydrogen-bond donors (Lipinski definition) is 4. The van der Waals surface area contributed by atoms with Crippen LogP contribution in [0.2, 0.25) is 0 Å². The van der Waals surface area contributed by atoms with Crippen molar-refractivity contribution in [1.82, 2.24) is 0 Å². The van der Waals surface area contributed by atoms with Crippen molar-refractivity contribution < 1.29 is 25.2 Å². The molecule has 0 aliphatic carbocycles. The van der Waals surface area contributed by atoms with Crippen molar-refractivity contribution in [3.63, 3.8) is 0 Å². The Labute approximate surface area is 133 Å². The van der Waals surface area contributed by atoms with Crippen LogP contribution in [0.25, 0.3) is 0 Å². The quantitative estimate of drug-likeness (QED) is 0.363. The minimum Gasteiger partial charge on any atom is -0.394 e. The lowest BCUT2D eigenvalue weighted by atomic mass is 9.91. The van der Waals surface area contributed by atoms with Crippen LogP contribution in [0.1, 0.15) is 18.6 Å². The molecule has 1 aliphatic rings. The summed E-state index contributed by atoms with van der Waals surface area (Å²) in [6.07, 6.45) is -5.65. The fourth-order valence-electron chi connectivity index (χ4n) is 2.32. The van der Waals surface area contributed by atoms with Gasteiger partial charge in [0.25, 0.3) is 0 Å². The molecule has 1 aromatic rings. The first kappa shape index (κ1) is 17.4. The molecule has 0 amide bonds. The summed E-state index contributed by atoms with van der Waals surface area (Å²) < 4.78 is 5.52. The molecule has 6 nitrogen and oxygen atoms in total. The normalized spacial score (nSPS) is 33.0. The van der Waals surface area contributed by atoms with E-state index in [1.54, 1.807) is 19.2 Å². The lowest BCUT2D eigenvalue weighted by Gasteiger charge is -2.40. The molecule has 1 fully saturated rings. The number of rotatable bonds is 3. The van der Waals surface area contributed by atoms with Crippen molar-refractivity contribution in [2.75, 3.05) is 13.7 Å². The monoisotopic (exact) mass is 327 g/mol. The van der Waals surface area contributed by atoms with Crippen LogP contribution in [0, 0.1) is 0 Å². The lowest BCUT2D eigenvalue weighted by molar-refractivity contribution is -0.231. The molecule has 0 saturated carbocycles. The van der Waals surface area contributed by atoms with Gasteiger partial charge >= 0.3 is 0 Å². The minimum absolute atomic E-state index is 0.429. The van der Waals surface area contributed by atoms with E-state index in [1.165, 1.54) is 11.8 Å². The fraction of sp³-hybridized carbons (Fsp3) is 0.533. The van der Waals surface area contributed by atoms with Gasteiger partial charge < -0.3 is 25.2 Å². The van der Waals surface area contributed by atoms with Gasteiger partial charge in [0.05, 0.1) is 11.7 Å². The first-order valence-corrected chi connectivity index (χ1v) is 7.81. The van der Waals surface area contributed by atoms with E-state index in [4.69, 9.17) is 4.74 Å². The van der Waals surface area contributed by atoms with Gasteiger partial charge in [-0.2, -0.15) is 0 Å². The number of nitrogens with zero attached hydrogens (tertiary/aromatic N) is 1. The predicted molar refractivity (Wildman–Crippen MR) is 84.1 cm³/mol. The van der Waals surface area contributed by atoms with Crippen LogP contribution in [0.3, 0.4) is 0 Å². The summed E-state index contributed by atoms with van der Waals surface area (Å²) >= 11 is 1.52. The van der Waals surface area contributed by atoms with Gasteiger partial charge in [-0.15, -0.1) is 0 Å². The van der Waals surface area contributed by atoms with Crippen LogP contribution in [0.5, 0.6) is 0 Å². The van der Waals surface area contributed by atoms with E-state index < -0.39 is 37.1 Å². The number of benzene rings is 1. The highest BCUT2D eigenvalue weighted by atomic mass is 32.2. The molecule has 22 heavy (non-hydrogen) atoms. The van der Waals surface area contributed by atoms with Crippen molar-refractivity contribution >= 4 is 16.8 Å². The van der Waals surface area contributed by atoms with Crippen molar-refractivity contribution in [2.45, 2.75) is 42.3 Å². The van der Waals surface area contributed by atoms with Crippen molar-refractivity contribution in [3.8, 4) is 0 Å². The standard InChI is InChI=1S/C15H21NO5S/c1-8(16-2)22-10-5-3-9(4-6-10)15-14(20)13(19)12(18)11(7-17)21-15/h3-6,11-15,17-20H,7H2,1-2H3. The number of ether oxygens (including phenoxy) is 1. The zero-order chi connectivity index (χ0) is 16.3. The SMILES string of the molecule is CN=C(C)Sc1ccc(C2OC(CO)C(O)C(O)C2O)cc1. The molecule has 2 rings (SSSR count). The zero-order valence-electron chi connectivity index (χ0n) is 12.5. The maximum atomic E-state index is 10.1. The van der Waals surface area contributed by atoms with Crippen molar-refractivity contribution in [2.24, 2.45) is 4.99 Å². The second-order valence-corrected chi connectivity index (χ2v) is 6.43. The molecular weight excluding hydrogens is 306 g/mol. The topological polar surface area (TPSA) is 103 Å². The molecule has 0 spiro atoms. The van der Waals surface area contributed by atoms with E-state index in [2.05, 4.69) is 4.99 Å². The highest BCUT2D eigenvalue weighted by molar-refractivity contribution is 8.13. The molecule has 1 heterocycles. The Morgan fingerprint density at radius 2 is 1.77 bits per heavy atom. The number of aliphatic imine (C=N–C) groups is 1. The average Bonchev–Trinajstić information content (AvgIpc) is 2.54. The maximum Gasteiger partial charge on any atom is 0.113 e. The van der Waals surface area contributed by atoms with Gasteiger partial charge in [0, 0.05) is 11.9 Å². The third kappa shape index (κ3) is 3.68. The summed E-state index contributed by atoms with van der Waals surface area (Å²) in [6.45, 7) is 1.48. The number of thioether (sulfide) groups is 1. The third-order valence-corrected chi connectivity index (χ3v) is 4.67. The van der Waals surface area contributed by atoms with E-state index in [-0.39, 0.29) is 0 Å². The van der Waals surface area contributed by atoms with E-state index in [1.807, 2.05) is 19.1 Å². The van der Waals surface area contributed by atoms with Gasteiger partial charge in [0.1, 0.15) is 30.5 Å². The van der Waals surface area contributed by atoms with Gasteiger partial charge in [-0.1, -0.05) is 23.9 Å². The molecule has 5 atom stereocenters. The molecule has 7 heteroatoms. The summed E-state index contributed by atoms with van der Waals surface area (Å²) in [7, 11) is 1.73. The molecule has 1 saturated heterocycles. The van der Waals surface area contributed by atoms with E-state index in [0.717, 1.165) is 9.94 Å². The van der Waals surface area contributed by atoms with Crippen LogP contribution in [-0.2, 0) is 4.74 Å². The molecule has 1 aromatic carbocycles. The Balaban J connectivity index is 2.16. The Morgan fingerprint density at radius 1 is 1.14 bits per heavy atom. The van der Waals surface area contributed by atoms with Crippen LogP contribution in [0.15, 0.2) is 34.2 Å². The van der Waals surface area contributed by atoms with E-state index in [0.29, 0.717) is 5.56 Å². The van der Waals surface area contributed by atoms with E-state index in [9.17, 15) is 20.4 Å². The van der Waals surface area contributed by atoms with Gasteiger partial charge in [0.15, 0.2) is 0 Å². The Hall–Kier alpha value is -0.960. The molecule has 122 valence electrons. The summed E-state index contributed by atoms with van der Waals surface area (Å²) in [4.78, 5) is 5.07. The summed E-state index contributed by atoms with van der Waals surface area (Å²) in [6, 6.07) is 7.32. The van der Waals surface area contributed by atoms with Crippen LogP contribution < -0.4 is 0 Å². The lowest BCUT2D eigenvalue weighted by Crippen LogP contribution is -2.55. The molecule has 0 radical (unpaired) electrons. The Kier molecular flexibility index (Phi) is 5.96. The van der Waals surface area contributed by atoms with Gasteiger partial charge in [-0.05, 0) is 24.6 Å². The minimum atomic E-state index is -1.36. The smallest absolute Gasteiger partial charge is 0.113 e. The van der Waals surface area contributed by atoms with Crippen LogP contribution in [0.4, 0.5) is 0 Å². The average molecular weight is 327 g/mol. The van der Waals surface area contributed by atoms with Gasteiger partial charge in [-0.3, -0.25) is 4.99 Å². The highest BCUT2D eigenvalue weighted by Crippen LogP contribution is 2.33. The molecular formula is C15H21NO5S. The molecule has 5 unspecified atom stereocenters. The summed E-state index contributed by atoms with van der Waals surface area (Å²) in [5.41, 5.74) is 0.673. The van der Waals surface area contributed by atoms with Crippen molar-refractivity contribution in [3.05, 3.63) is 29.8 Å². The van der Waals surface area contributed by atoms with Crippen molar-refractivity contribution in [1.29, 1.82) is 0 Å². The van der Waals surface area contributed by atoms with Gasteiger partial charge in [-0.25, -0.2) is 0 Å². The number of hydrogen-bond acceptors (Lipinski definition) is 7. The first-order chi connectivity index (χ1) is 10.5. The van der Waals surface area contributed by atoms with Crippen LogP contribution >= 0.6 is 11.8 Å². The maximum absolute atomic E-state index is 10.1. The van der Waals surface area contributed by atoms with Crippen LogP contribution in [-0.4, -0.2) is 63.5 Å². The molecule has 4 N–H and O–H groups in total. The number of aliphatic hydroxyl groups is 4. The molecule has 0 aromatic heterocycles. The second kappa shape index (κ2) is 7.54. The molecule has 1 aliphatic heterocycles.